The van der Waals surface area contributed by atoms with Crippen LogP contribution in [0.5, 0.6) is 11.5 Å². The molecule has 3 heterocycles. The molecule has 0 saturated heterocycles. The number of aromatic nitrogens is 2. The van der Waals surface area contributed by atoms with Crippen LogP contribution in [0.4, 0.5) is 11.5 Å². The van der Waals surface area contributed by atoms with Crippen molar-refractivity contribution >= 4 is 56.5 Å². The lowest BCUT2D eigenvalue weighted by Crippen LogP contribution is -2.16. The number of amides is 1. The number of carbonyl (C=O) groups is 2. The van der Waals surface area contributed by atoms with Gasteiger partial charge in [-0.25, -0.2) is 9.97 Å². The van der Waals surface area contributed by atoms with E-state index in [1.165, 1.54) is 18.7 Å². The van der Waals surface area contributed by atoms with Crippen molar-refractivity contribution in [2.75, 3.05) is 23.6 Å². The third kappa shape index (κ3) is 3.73. The number of carbonyl (C=O) groups excluding carboxylic acids is 2. The number of nitrogens with zero attached hydrogens (tertiary/aromatic N) is 2. The highest BCUT2D eigenvalue weighted by Gasteiger charge is 2.21. The van der Waals surface area contributed by atoms with Gasteiger partial charge in [0.15, 0.2) is 22.4 Å². The van der Waals surface area contributed by atoms with Gasteiger partial charge in [-0.05, 0) is 32.4 Å². The smallest absolute Gasteiger partial charge is 0.234 e. The highest BCUT2D eigenvalue weighted by molar-refractivity contribution is 7.99. The lowest BCUT2D eigenvalue weighted by molar-refractivity contribution is -0.113. The molecule has 8 nitrogen and oxygen atoms in total. The van der Waals surface area contributed by atoms with Crippen molar-refractivity contribution in [2.45, 2.75) is 25.9 Å². The summed E-state index contributed by atoms with van der Waals surface area (Å²) in [7, 11) is 0. The first-order valence-corrected chi connectivity index (χ1v) is 10.5. The number of benzene rings is 1. The van der Waals surface area contributed by atoms with Gasteiger partial charge in [0, 0.05) is 16.5 Å². The first-order chi connectivity index (χ1) is 13.8. The zero-order valence-electron chi connectivity index (χ0n) is 16.0. The van der Waals surface area contributed by atoms with Crippen molar-refractivity contribution in [2.24, 2.45) is 0 Å². The fraction of sp³-hybridized carbons (Fsp3) is 0.263. The van der Waals surface area contributed by atoms with E-state index in [-0.39, 0.29) is 24.2 Å². The van der Waals surface area contributed by atoms with Crippen LogP contribution in [-0.2, 0) is 4.79 Å². The Morgan fingerprint density at radius 1 is 1.24 bits per heavy atom. The van der Waals surface area contributed by atoms with Gasteiger partial charge in [-0.3, -0.25) is 9.59 Å². The van der Waals surface area contributed by atoms with Crippen molar-refractivity contribution in [1.82, 2.24) is 9.97 Å². The Morgan fingerprint density at radius 2 is 1.97 bits per heavy atom. The average Bonchev–Trinajstić information content (AvgIpc) is 3.23. The van der Waals surface area contributed by atoms with E-state index in [0.717, 1.165) is 20.7 Å². The van der Waals surface area contributed by atoms with Crippen molar-refractivity contribution in [1.29, 1.82) is 0 Å². The molecule has 0 aliphatic carbocycles. The summed E-state index contributed by atoms with van der Waals surface area (Å²) >= 11 is 2.74. The topological polar surface area (TPSA) is 116 Å². The Morgan fingerprint density at radius 3 is 2.69 bits per heavy atom. The van der Waals surface area contributed by atoms with Gasteiger partial charge in [0.1, 0.15) is 10.6 Å². The summed E-state index contributed by atoms with van der Waals surface area (Å²) in [5.74, 6) is 0.979. The van der Waals surface area contributed by atoms with Crippen molar-refractivity contribution in [3.05, 3.63) is 28.1 Å². The van der Waals surface area contributed by atoms with Crippen LogP contribution < -0.4 is 20.5 Å². The van der Waals surface area contributed by atoms with Gasteiger partial charge in [-0.15, -0.1) is 11.3 Å². The van der Waals surface area contributed by atoms with Crippen LogP contribution in [0.1, 0.15) is 27.7 Å². The molecule has 0 saturated carbocycles. The van der Waals surface area contributed by atoms with Crippen LogP contribution in [0.25, 0.3) is 10.2 Å². The minimum absolute atomic E-state index is 0.0695. The number of nitrogens with two attached hydrogens (primary N) is 1. The van der Waals surface area contributed by atoms with Crippen LogP contribution >= 0.6 is 23.1 Å². The van der Waals surface area contributed by atoms with Gasteiger partial charge in [0.25, 0.3) is 0 Å². The first kappa shape index (κ1) is 19.5. The molecule has 1 aromatic carbocycles. The summed E-state index contributed by atoms with van der Waals surface area (Å²) in [5.41, 5.74) is 7.91. The van der Waals surface area contributed by atoms with Gasteiger partial charge in [0.2, 0.25) is 12.7 Å². The van der Waals surface area contributed by atoms with Crippen molar-refractivity contribution < 1.29 is 19.1 Å². The zero-order valence-corrected chi connectivity index (χ0v) is 17.6. The molecule has 1 aliphatic rings. The normalized spacial score (nSPS) is 12.4. The summed E-state index contributed by atoms with van der Waals surface area (Å²) in [4.78, 5) is 35.2. The number of hydrogen-bond donors (Lipinski definition) is 2. The van der Waals surface area contributed by atoms with Gasteiger partial charge in [0.05, 0.1) is 16.8 Å². The molecule has 1 aliphatic heterocycles. The molecule has 10 heteroatoms. The SMILES string of the molecule is CC(=O)c1cc2c(cc1NC(=O)CSc1nc(N)c3c(C)c(C)sc3n1)OCO2. The second-order valence-electron chi connectivity index (χ2n) is 6.50. The maximum absolute atomic E-state index is 12.5. The molecule has 0 atom stereocenters. The first-order valence-electron chi connectivity index (χ1n) is 8.74. The summed E-state index contributed by atoms with van der Waals surface area (Å²) < 4.78 is 10.6. The lowest BCUT2D eigenvalue weighted by Gasteiger charge is -2.10. The number of thioether (sulfide) groups is 1. The number of ketones is 1. The molecule has 4 rings (SSSR count). The Hall–Kier alpha value is -2.85. The Kier molecular flexibility index (Phi) is 5.05. The van der Waals surface area contributed by atoms with E-state index in [0.29, 0.717) is 33.7 Å². The van der Waals surface area contributed by atoms with Crippen LogP contribution in [0.2, 0.25) is 0 Å². The second-order valence-corrected chi connectivity index (χ2v) is 8.64. The molecule has 150 valence electrons. The van der Waals surface area contributed by atoms with E-state index in [1.807, 2.05) is 13.8 Å². The zero-order chi connectivity index (χ0) is 20.7. The molecule has 3 aromatic rings. The van der Waals surface area contributed by atoms with Gasteiger partial charge in [-0.1, -0.05) is 11.8 Å². The average molecular weight is 431 g/mol. The third-order valence-electron chi connectivity index (χ3n) is 4.53. The van der Waals surface area contributed by atoms with Crippen molar-refractivity contribution in [3.8, 4) is 11.5 Å². The molecule has 0 unspecified atom stereocenters. The number of Topliss-reactive ketones (excluding diaryl/α,β-unsaturated/α-hetero) is 1. The Bertz CT molecular complexity index is 1160. The van der Waals surface area contributed by atoms with Crippen LogP contribution in [0, 0.1) is 13.8 Å². The number of ether oxygens (including phenoxy) is 2. The lowest BCUT2D eigenvalue weighted by atomic mass is 10.1. The quantitative estimate of drug-likeness (QED) is 0.359. The molecular weight excluding hydrogens is 412 g/mol. The molecule has 0 radical (unpaired) electrons. The molecule has 2 aromatic heterocycles. The minimum Gasteiger partial charge on any atom is -0.454 e. The third-order valence-corrected chi connectivity index (χ3v) is 6.48. The minimum atomic E-state index is -0.294. The number of nitrogen functional groups attached to an aromatic ring is 1. The predicted molar refractivity (Wildman–Crippen MR) is 113 cm³/mol. The monoisotopic (exact) mass is 430 g/mol. The maximum atomic E-state index is 12.5. The Balaban J connectivity index is 1.50. The van der Waals surface area contributed by atoms with Gasteiger partial charge in [-0.2, -0.15) is 0 Å². The van der Waals surface area contributed by atoms with E-state index in [4.69, 9.17) is 15.2 Å². The van der Waals surface area contributed by atoms with E-state index in [9.17, 15) is 9.59 Å². The van der Waals surface area contributed by atoms with E-state index in [2.05, 4.69) is 15.3 Å². The number of thiophene rings is 1. The molecule has 0 fully saturated rings. The number of aryl methyl sites for hydroxylation is 2. The number of hydrogen-bond acceptors (Lipinski definition) is 9. The van der Waals surface area contributed by atoms with Crippen LogP contribution in [0.15, 0.2) is 17.3 Å². The summed E-state index contributed by atoms with van der Waals surface area (Å²) in [5, 5.41) is 4.06. The maximum Gasteiger partial charge on any atom is 0.234 e. The summed E-state index contributed by atoms with van der Waals surface area (Å²) in [6.45, 7) is 5.52. The number of fused-ring (bicyclic) bond motifs is 2. The van der Waals surface area contributed by atoms with Crippen molar-refractivity contribution in [3.63, 3.8) is 0 Å². The molecule has 0 spiro atoms. The number of nitrogens with one attached hydrogen (secondary N) is 1. The fourth-order valence-electron chi connectivity index (χ4n) is 2.98. The molecular formula is C19H18N4O4S2. The van der Waals surface area contributed by atoms with Crippen LogP contribution in [-0.4, -0.2) is 34.2 Å². The van der Waals surface area contributed by atoms with Gasteiger partial charge < -0.3 is 20.5 Å². The molecule has 1 amide bonds. The predicted octanol–water partition coefficient (Wildman–Crippen LogP) is 3.55. The summed E-state index contributed by atoms with van der Waals surface area (Å²) in [6, 6.07) is 3.17. The van der Waals surface area contributed by atoms with E-state index in [1.54, 1.807) is 23.5 Å². The number of anilines is 2. The van der Waals surface area contributed by atoms with Gasteiger partial charge >= 0.3 is 0 Å². The Labute approximate surface area is 174 Å². The molecule has 29 heavy (non-hydrogen) atoms. The highest BCUT2D eigenvalue weighted by Crippen LogP contribution is 2.37. The summed E-state index contributed by atoms with van der Waals surface area (Å²) in [6.07, 6.45) is 0. The van der Waals surface area contributed by atoms with Crippen LogP contribution in [0.3, 0.4) is 0 Å². The molecule has 3 N–H and O–H groups in total. The van der Waals surface area contributed by atoms with E-state index < -0.39 is 0 Å². The molecule has 0 bridgehead atoms. The standard InChI is InChI=1S/C19H18N4O4S2/c1-8-10(3)29-18-16(8)17(20)22-19(23-18)28-6-15(25)21-12-5-14-13(26-7-27-14)4-11(12)9(2)24/h4-5H,6-7H2,1-3H3,(H,21,25)(H2,20,22,23). The highest BCUT2D eigenvalue weighted by atomic mass is 32.2. The number of rotatable bonds is 5. The largest absolute Gasteiger partial charge is 0.454 e. The fourth-order valence-corrected chi connectivity index (χ4v) is 4.72. The second kappa shape index (κ2) is 7.53. The van der Waals surface area contributed by atoms with E-state index >= 15 is 0 Å².